The number of carboxylic acids is 1. The molecule has 0 spiro atoms. The minimum Gasteiger partial charge on any atom is -0.508 e. The molecule has 1 aromatic rings. The fourth-order valence-corrected chi connectivity index (χ4v) is 3.40. The van der Waals surface area contributed by atoms with Gasteiger partial charge in [0.2, 0.25) is 17.7 Å². The van der Waals surface area contributed by atoms with E-state index in [4.69, 9.17) is 10.8 Å². The van der Waals surface area contributed by atoms with Gasteiger partial charge in [0, 0.05) is 12.2 Å². The van der Waals surface area contributed by atoms with Gasteiger partial charge >= 0.3 is 5.97 Å². The summed E-state index contributed by atoms with van der Waals surface area (Å²) in [5.74, 6) is -3.02. The Hall–Kier alpha value is -2.48. The third-order valence-electron chi connectivity index (χ3n) is 4.58. The van der Waals surface area contributed by atoms with Crippen LogP contribution in [0.1, 0.15) is 12.0 Å². The van der Waals surface area contributed by atoms with E-state index in [0.717, 1.165) is 0 Å². The van der Waals surface area contributed by atoms with Gasteiger partial charge in [-0.25, -0.2) is 4.79 Å². The van der Waals surface area contributed by atoms with E-state index < -0.39 is 54.5 Å². The molecule has 0 aliphatic rings. The van der Waals surface area contributed by atoms with Gasteiger partial charge in [0.25, 0.3) is 0 Å². The van der Waals surface area contributed by atoms with Gasteiger partial charge in [0.05, 0.1) is 6.61 Å². The molecule has 3 amide bonds. The number of carboxylic acid groups (broad SMARTS) is 1. The number of phenolic OH excluding ortho intramolecular Hbond substituents is 1. The molecule has 0 aliphatic carbocycles. The number of hydrogen-bond donors (Lipinski definition) is 8. The zero-order chi connectivity index (χ0) is 25.0. The number of amides is 3. The first-order valence-electron chi connectivity index (χ1n) is 10.0. The molecule has 4 atom stereocenters. The second-order valence-corrected chi connectivity index (χ2v) is 8.50. The molecule has 0 saturated carbocycles. The quantitative estimate of drug-likeness (QED) is 0.140. The molecule has 184 valence electrons. The van der Waals surface area contributed by atoms with Crippen LogP contribution in [0.5, 0.6) is 5.75 Å². The highest BCUT2D eigenvalue weighted by atomic mass is 32.2. The number of thioether (sulfide) groups is 1. The Kier molecular flexibility index (Phi) is 12.7. The van der Waals surface area contributed by atoms with Crippen molar-refractivity contribution in [1.29, 1.82) is 0 Å². The number of aromatic hydroxyl groups is 1. The molecular weight excluding hydrogens is 472 g/mol. The van der Waals surface area contributed by atoms with Crippen LogP contribution in [0.2, 0.25) is 0 Å². The number of carbonyl (C=O) groups excluding carboxylic acids is 3. The first-order chi connectivity index (χ1) is 15.6. The lowest BCUT2D eigenvalue weighted by Crippen LogP contribution is -2.58. The van der Waals surface area contributed by atoms with Crippen LogP contribution in [0.15, 0.2) is 24.3 Å². The van der Waals surface area contributed by atoms with Gasteiger partial charge in [-0.15, -0.1) is 0 Å². The summed E-state index contributed by atoms with van der Waals surface area (Å²) in [6, 6.07) is 1.24. The summed E-state index contributed by atoms with van der Waals surface area (Å²) in [4.78, 5) is 49.1. The highest BCUT2D eigenvalue weighted by Crippen LogP contribution is 2.12. The molecule has 0 heterocycles. The van der Waals surface area contributed by atoms with E-state index in [2.05, 4.69) is 28.6 Å². The SMILES string of the molecule is CSCCC(NC(=O)C(Cc1ccc(O)cc1)NC(=O)C(CS)NC(=O)C(N)CO)C(=O)O. The molecule has 0 saturated heterocycles. The van der Waals surface area contributed by atoms with E-state index >= 15 is 0 Å². The normalized spacial score (nSPS) is 14.4. The Morgan fingerprint density at radius 1 is 1.00 bits per heavy atom. The number of nitrogens with two attached hydrogens (primary N) is 1. The van der Waals surface area contributed by atoms with Crippen molar-refractivity contribution < 1.29 is 34.5 Å². The molecule has 8 N–H and O–H groups in total. The molecule has 13 heteroatoms. The molecule has 0 aliphatic heterocycles. The maximum Gasteiger partial charge on any atom is 0.326 e. The number of aliphatic hydroxyl groups excluding tert-OH is 1. The second kappa shape index (κ2) is 14.6. The highest BCUT2D eigenvalue weighted by molar-refractivity contribution is 7.98. The van der Waals surface area contributed by atoms with Crippen LogP contribution in [-0.4, -0.2) is 87.5 Å². The van der Waals surface area contributed by atoms with Crippen molar-refractivity contribution in [2.45, 2.75) is 37.0 Å². The molecule has 1 rings (SSSR count). The van der Waals surface area contributed by atoms with Crippen LogP contribution in [0.25, 0.3) is 0 Å². The van der Waals surface area contributed by atoms with Crippen molar-refractivity contribution in [3.63, 3.8) is 0 Å². The number of nitrogens with one attached hydrogen (secondary N) is 3. The average molecular weight is 503 g/mol. The van der Waals surface area contributed by atoms with E-state index in [-0.39, 0.29) is 24.3 Å². The molecule has 11 nitrogen and oxygen atoms in total. The lowest BCUT2D eigenvalue weighted by molar-refractivity contribution is -0.142. The second-order valence-electron chi connectivity index (χ2n) is 7.15. The molecule has 0 bridgehead atoms. The highest BCUT2D eigenvalue weighted by Gasteiger charge is 2.30. The van der Waals surface area contributed by atoms with Crippen LogP contribution in [0.3, 0.4) is 0 Å². The fraction of sp³-hybridized carbons (Fsp3) is 0.500. The van der Waals surface area contributed by atoms with Crippen LogP contribution in [-0.2, 0) is 25.6 Å². The van der Waals surface area contributed by atoms with Crippen molar-refractivity contribution in [3.8, 4) is 5.75 Å². The minimum absolute atomic E-state index is 0.00386. The third-order valence-corrected chi connectivity index (χ3v) is 5.59. The van der Waals surface area contributed by atoms with Crippen molar-refractivity contribution >= 4 is 48.1 Å². The van der Waals surface area contributed by atoms with Gasteiger partial charge < -0.3 is 37.0 Å². The minimum atomic E-state index is -1.23. The number of phenols is 1. The zero-order valence-electron chi connectivity index (χ0n) is 18.1. The Morgan fingerprint density at radius 2 is 1.55 bits per heavy atom. The summed E-state index contributed by atoms with van der Waals surface area (Å²) in [5, 5.41) is 35.2. The van der Waals surface area contributed by atoms with E-state index in [1.807, 2.05) is 6.26 Å². The summed E-state index contributed by atoms with van der Waals surface area (Å²) in [6.45, 7) is -0.620. The number of benzene rings is 1. The third kappa shape index (κ3) is 9.90. The lowest BCUT2D eigenvalue weighted by Gasteiger charge is -2.24. The molecule has 0 fully saturated rings. The van der Waals surface area contributed by atoms with Crippen molar-refractivity contribution in [2.75, 3.05) is 24.4 Å². The topological polar surface area (TPSA) is 191 Å². The predicted molar refractivity (Wildman–Crippen MR) is 127 cm³/mol. The van der Waals surface area contributed by atoms with E-state index in [1.165, 1.54) is 23.9 Å². The summed E-state index contributed by atoms with van der Waals surface area (Å²) in [7, 11) is 0. The van der Waals surface area contributed by atoms with Gasteiger partial charge in [-0.1, -0.05) is 12.1 Å². The fourth-order valence-electron chi connectivity index (χ4n) is 2.67. The van der Waals surface area contributed by atoms with Crippen molar-refractivity contribution in [2.24, 2.45) is 5.73 Å². The smallest absolute Gasteiger partial charge is 0.326 e. The zero-order valence-corrected chi connectivity index (χ0v) is 19.8. The van der Waals surface area contributed by atoms with Crippen LogP contribution in [0, 0.1) is 0 Å². The van der Waals surface area contributed by atoms with Gasteiger partial charge in [-0.05, 0) is 36.1 Å². The number of aliphatic hydroxyl groups is 1. The molecule has 33 heavy (non-hydrogen) atoms. The maximum absolute atomic E-state index is 12.9. The average Bonchev–Trinajstić information content (AvgIpc) is 2.79. The Bertz CT molecular complexity index is 810. The standard InChI is InChI=1S/C20H30N4O7S2/c1-33-7-6-14(20(30)31)22-18(28)15(8-11-2-4-12(26)5-3-11)23-19(29)16(10-32)24-17(27)13(21)9-25/h2-5,13-16,25-26,32H,6-10,21H2,1H3,(H,22,28)(H,23,29)(H,24,27)(H,30,31). The monoisotopic (exact) mass is 502 g/mol. The van der Waals surface area contributed by atoms with Crippen molar-refractivity contribution in [3.05, 3.63) is 29.8 Å². The van der Waals surface area contributed by atoms with E-state index in [0.29, 0.717) is 11.3 Å². The van der Waals surface area contributed by atoms with Crippen molar-refractivity contribution in [1.82, 2.24) is 16.0 Å². The van der Waals surface area contributed by atoms with E-state index in [9.17, 15) is 29.4 Å². The molecule has 1 aromatic carbocycles. The molecule has 4 unspecified atom stereocenters. The molecule has 0 aromatic heterocycles. The number of hydrogen-bond acceptors (Lipinski definition) is 9. The Balaban J connectivity index is 3.03. The maximum atomic E-state index is 12.9. The Morgan fingerprint density at radius 3 is 2.06 bits per heavy atom. The summed E-state index contributed by atoms with van der Waals surface area (Å²) >= 11 is 5.47. The van der Waals surface area contributed by atoms with Crippen LogP contribution < -0.4 is 21.7 Å². The lowest BCUT2D eigenvalue weighted by atomic mass is 10.0. The first-order valence-corrected chi connectivity index (χ1v) is 12.0. The summed E-state index contributed by atoms with van der Waals surface area (Å²) < 4.78 is 0. The number of carbonyl (C=O) groups is 4. The van der Waals surface area contributed by atoms with Gasteiger partial charge in [0.15, 0.2) is 0 Å². The number of thiol groups is 1. The number of rotatable bonds is 14. The van der Waals surface area contributed by atoms with Gasteiger partial charge in [-0.3, -0.25) is 14.4 Å². The van der Waals surface area contributed by atoms with Crippen LogP contribution in [0.4, 0.5) is 0 Å². The van der Waals surface area contributed by atoms with Crippen LogP contribution >= 0.6 is 24.4 Å². The first kappa shape index (κ1) is 28.6. The molecular formula is C20H30N4O7S2. The summed E-state index contributed by atoms with van der Waals surface area (Å²) in [6.07, 6.45) is 2.00. The number of aliphatic carboxylic acids is 1. The Labute approximate surface area is 201 Å². The summed E-state index contributed by atoms with van der Waals surface area (Å²) in [5.41, 5.74) is 6.04. The molecule has 0 radical (unpaired) electrons. The van der Waals surface area contributed by atoms with Gasteiger partial charge in [0.1, 0.15) is 29.9 Å². The van der Waals surface area contributed by atoms with E-state index in [1.54, 1.807) is 12.1 Å². The van der Waals surface area contributed by atoms with Gasteiger partial charge in [-0.2, -0.15) is 24.4 Å². The largest absolute Gasteiger partial charge is 0.508 e. The predicted octanol–water partition coefficient (Wildman–Crippen LogP) is -1.52.